The number of carbonyl (C=O) groups excluding carboxylic acids is 1. The molecular formula is C29H39BN2O7. The summed E-state index contributed by atoms with van der Waals surface area (Å²) in [5.74, 6) is -2.84. The molecule has 1 heterocycles. The number of ether oxygens (including phenoxy) is 1. The third-order valence-corrected chi connectivity index (χ3v) is 11.1. The molecule has 10 heteroatoms. The molecule has 9 nitrogen and oxygen atoms in total. The molecule has 3 saturated carbocycles. The van der Waals surface area contributed by atoms with Gasteiger partial charge in [-0.15, -0.1) is 6.58 Å². The molecule has 10 atom stereocenters. The number of fused-ring (bicyclic) bond motifs is 1. The number of carbonyl (C=O) groups is 2. The van der Waals surface area contributed by atoms with Crippen molar-refractivity contribution in [1.82, 2.24) is 5.34 Å². The molecule has 0 aromatic heterocycles. The first-order chi connectivity index (χ1) is 18.3. The second-order valence-electron chi connectivity index (χ2n) is 12.8. The first-order valence-electron chi connectivity index (χ1n) is 13.8. The highest BCUT2D eigenvalue weighted by molar-refractivity contribution is 6.65. The van der Waals surface area contributed by atoms with Crippen LogP contribution in [0.15, 0.2) is 36.0 Å². The van der Waals surface area contributed by atoms with Gasteiger partial charge in [0.1, 0.15) is 11.9 Å². The maximum Gasteiger partial charge on any atom is 0.464 e. The number of Topliss-reactive ketones (excluding diaryl/α,β-unsaturated/α-hetero) is 1. The Labute approximate surface area is 229 Å². The van der Waals surface area contributed by atoms with Crippen LogP contribution in [0.1, 0.15) is 58.9 Å². The fourth-order valence-corrected chi connectivity index (χ4v) is 8.58. The molecule has 1 aliphatic heterocycles. The van der Waals surface area contributed by atoms with E-state index >= 15 is 0 Å². The van der Waals surface area contributed by atoms with Crippen LogP contribution in [0.5, 0.6) is 5.75 Å². The van der Waals surface area contributed by atoms with Crippen molar-refractivity contribution >= 4 is 30.5 Å². The fraction of sp³-hybridized carbons (Fsp3) is 0.621. The fourth-order valence-electron chi connectivity index (χ4n) is 8.58. The second kappa shape index (κ2) is 9.46. The topological polar surface area (TPSA) is 149 Å². The molecule has 0 radical (unpaired) electrons. The van der Waals surface area contributed by atoms with Crippen LogP contribution in [-0.2, 0) is 9.59 Å². The standard InChI is InChI=1S/C29H39BN2O7/c1-6-27(4)12-19(23(26(36)37)39-18-8-7-17-14-31-32-30(38)20(17)11-18)28(5)15(2)9-10-29(16(3)25(27)35)13-21(33)22(34)24(28)29/h6-8,11,14-16,19,21,23-25,32-33,35,38H,1,9-10,12-13H2,2-5H3,(H,36,37)/t15-,16+,19+,21+,23?,24+,25+,27-,28-,29+/m1/s1. The Balaban J connectivity index is 1.66. The summed E-state index contributed by atoms with van der Waals surface area (Å²) < 4.78 is 6.27. The number of hydrogen-bond donors (Lipinski definition) is 5. The summed E-state index contributed by atoms with van der Waals surface area (Å²) in [6.45, 7) is 11.9. The van der Waals surface area contributed by atoms with Gasteiger partial charge >= 0.3 is 13.0 Å². The van der Waals surface area contributed by atoms with Gasteiger partial charge in [-0.1, -0.05) is 39.8 Å². The minimum Gasteiger partial charge on any atom is -0.478 e. The van der Waals surface area contributed by atoms with Crippen molar-refractivity contribution in [2.24, 2.45) is 45.0 Å². The number of rotatable bonds is 5. The molecule has 39 heavy (non-hydrogen) atoms. The largest absolute Gasteiger partial charge is 0.478 e. The Hall–Kier alpha value is -2.69. The lowest BCUT2D eigenvalue weighted by molar-refractivity contribution is -0.193. The molecule has 5 N–H and O–H groups in total. The van der Waals surface area contributed by atoms with Crippen molar-refractivity contribution < 1.29 is 34.7 Å². The number of aliphatic hydroxyl groups is 2. The van der Waals surface area contributed by atoms with Crippen LogP contribution in [0.25, 0.3) is 0 Å². The number of hydrazone groups is 1. The van der Waals surface area contributed by atoms with E-state index in [1.807, 2.05) is 20.8 Å². The molecule has 5 rings (SSSR count). The Bertz CT molecular complexity index is 1220. The van der Waals surface area contributed by atoms with E-state index in [0.717, 1.165) is 6.42 Å². The number of nitrogens with zero attached hydrogens (tertiary/aromatic N) is 1. The van der Waals surface area contributed by atoms with Crippen LogP contribution >= 0.6 is 0 Å². The van der Waals surface area contributed by atoms with E-state index in [2.05, 4.69) is 23.9 Å². The SMILES string of the molecule is C=C[C@]1(C)C[C@@H](C(Oc2ccc3c(c2)B(O)NN=C3)C(=O)O)[C@@]2(C)[C@H](C)CC[C@]3(C[C@H](O)C(=O)[C@H]32)[C@@H](C)[C@@H]1O. The summed E-state index contributed by atoms with van der Waals surface area (Å²) in [6, 6.07) is 4.95. The van der Waals surface area contributed by atoms with Gasteiger partial charge in [-0.2, -0.15) is 5.10 Å². The van der Waals surface area contributed by atoms with Gasteiger partial charge in [-0.05, 0) is 71.5 Å². The number of benzene rings is 1. The van der Waals surface area contributed by atoms with Gasteiger partial charge in [-0.3, -0.25) is 4.79 Å². The summed E-state index contributed by atoms with van der Waals surface area (Å²) in [4.78, 5) is 26.8. The molecule has 210 valence electrons. The average Bonchev–Trinajstić information content (AvgIpc) is 3.18. The van der Waals surface area contributed by atoms with Crippen LogP contribution in [0.4, 0.5) is 0 Å². The molecule has 0 amide bonds. The summed E-state index contributed by atoms with van der Waals surface area (Å²) >= 11 is 0. The van der Waals surface area contributed by atoms with Crippen molar-refractivity contribution in [3.8, 4) is 5.75 Å². The van der Waals surface area contributed by atoms with Gasteiger partial charge in [0.2, 0.25) is 0 Å². The zero-order valence-corrected chi connectivity index (χ0v) is 23.0. The zero-order chi connectivity index (χ0) is 28.5. The molecule has 3 fully saturated rings. The molecule has 2 bridgehead atoms. The molecule has 1 aromatic carbocycles. The first-order valence-corrected chi connectivity index (χ1v) is 13.8. The molecule has 0 saturated heterocycles. The lowest BCUT2D eigenvalue weighted by atomic mass is 9.41. The average molecular weight is 538 g/mol. The molecule has 4 aliphatic rings. The lowest BCUT2D eigenvalue weighted by Crippen LogP contribution is -2.63. The summed E-state index contributed by atoms with van der Waals surface area (Å²) in [6.07, 6.45) is 1.77. The Kier molecular flexibility index (Phi) is 6.76. The minimum absolute atomic E-state index is 0.0393. The number of carboxylic acids is 1. The third-order valence-electron chi connectivity index (χ3n) is 11.1. The van der Waals surface area contributed by atoms with E-state index in [1.54, 1.807) is 30.5 Å². The highest BCUT2D eigenvalue weighted by Gasteiger charge is 2.70. The monoisotopic (exact) mass is 538 g/mol. The van der Waals surface area contributed by atoms with Crippen molar-refractivity contribution in [1.29, 1.82) is 0 Å². The van der Waals surface area contributed by atoms with Crippen LogP contribution in [0.3, 0.4) is 0 Å². The normalized spacial score (nSPS) is 41.9. The summed E-state index contributed by atoms with van der Waals surface area (Å²) in [5.41, 5.74) is -1.16. The quantitative estimate of drug-likeness (QED) is 0.281. The van der Waals surface area contributed by atoms with Crippen molar-refractivity contribution in [3.05, 3.63) is 36.4 Å². The second-order valence-corrected chi connectivity index (χ2v) is 12.8. The highest BCUT2D eigenvalue weighted by atomic mass is 16.5. The maximum absolute atomic E-state index is 13.8. The third kappa shape index (κ3) is 3.97. The summed E-state index contributed by atoms with van der Waals surface area (Å²) in [5, 5.41) is 50.1. The van der Waals surface area contributed by atoms with Gasteiger partial charge < -0.3 is 30.4 Å². The highest BCUT2D eigenvalue weighted by Crippen LogP contribution is 2.69. The Morgan fingerprint density at radius 1 is 1.28 bits per heavy atom. The van der Waals surface area contributed by atoms with Crippen molar-refractivity contribution in [2.75, 3.05) is 0 Å². The number of hydrogen-bond acceptors (Lipinski definition) is 8. The van der Waals surface area contributed by atoms with E-state index in [9.17, 15) is 29.9 Å². The minimum atomic E-state index is -1.36. The Morgan fingerprint density at radius 2 is 2.00 bits per heavy atom. The van der Waals surface area contributed by atoms with Gasteiger partial charge in [0, 0.05) is 17.3 Å². The van der Waals surface area contributed by atoms with Crippen LogP contribution in [-0.4, -0.2) is 63.7 Å². The van der Waals surface area contributed by atoms with Gasteiger partial charge in [0.05, 0.1) is 12.3 Å². The smallest absolute Gasteiger partial charge is 0.464 e. The Morgan fingerprint density at radius 3 is 2.67 bits per heavy atom. The van der Waals surface area contributed by atoms with Crippen molar-refractivity contribution in [3.63, 3.8) is 0 Å². The first kappa shape index (κ1) is 27.9. The zero-order valence-electron chi connectivity index (χ0n) is 23.0. The van der Waals surface area contributed by atoms with Crippen LogP contribution in [0, 0.1) is 39.9 Å². The van der Waals surface area contributed by atoms with Crippen LogP contribution < -0.4 is 15.5 Å². The maximum atomic E-state index is 13.8. The van der Waals surface area contributed by atoms with Crippen molar-refractivity contribution in [2.45, 2.75) is 71.7 Å². The summed E-state index contributed by atoms with van der Waals surface area (Å²) in [7, 11) is -1.06. The molecular weight excluding hydrogens is 499 g/mol. The number of nitrogens with one attached hydrogen (secondary N) is 1. The van der Waals surface area contributed by atoms with Crippen LogP contribution in [0.2, 0.25) is 0 Å². The van der Waals surface area contributed by atoms with Gasteiger partial charge in [0.15, 0.2) is 11.9 Å². The number of aliphatic carboxylic acids is 1. The number of ketones is 1. The molecule has 1 aromatic rings. The number of carboxylic acid groups (broad SMARTS) is 1. The lowest BCUT2D eigenvalue weighted by Gasteiger charge is -2.62. The molecule has 1 unspecified atom stereocenters. The number of aliphatic hydroxyl groups excluding tert-OH is 2. The van der Waals surface area contributed by atoms with E-state index in [4.69, 9.17) is 4.74 Å². The van der Waals surface area contributed by atoms with E-state index in [0.29, 0.717) is 17.4 Å². The van der Waals surface area contributed by atoms with Gasteiger partial charge in [0.25, 0.3) is 0 Å². The predicted octanol–water partition coefficient (Wildman–Crippen LogP) is 1.72. The molecule has 0 spiro atoms. The van der Waals surface area contributed by atoms with Gasteiger partial charge in [-0.25, -0.2) is 4.79 Å². The van der Waals surface area contributed by atoms with E-state index < -0.39 is 59.4 Å². The van der Waals surface area contributed by atoms with E-state index in [-0.39, 0.29) is 36.2 Å². The van der Waals surface area contributed by atoms with E-state index in [1.165, 1.54) is 0 Å². The predicted molar refractivity (Wildman–Crippen MR) is 146 cm³/mol. The molecule has 3 aliphatic carbocycles.